The normalized spacial score (nSPS) is 25.1. The fraction of sp³-hybridized carbons (Fsp3) is 0.700. The number of amides is 1. The van der Waals surface area contributed by atoms with Crippen LogP contribution in [0.1, 0.15) is 12.8 Å². The second-order valence-corrected chi connectivity index (χ2v) is 3.50. The lowest BCUT2D eigenvalue weighted by molar-refractivity contribution is -0.130. The van der Waals surface area contributed by atoms with Gasteiger partial charge in [0.05, 0.1) is 19.8 Å². The minimum atomic E-state index is 0.0604. The van der Waals surface area contributed by atoms with Gasteiger partial charge in [-0.1, -0.05) is 0 Å². The fourth-order valence-corrected chi connectivity index (χ4v) is 1.65. The zero-order valence-electron chi connectivity index (χ0n) is 8.20. The first-order chi connectivity index (χ1) is 6.86. The van der Waals surface area contributed by atoms with E-state index in [9.17, 15) is 4.79 Å². The van der Waals surface area contributed by atoms with E-state index in [4.69, 9.17) is 9.47 Å². The quantitative estimate of drug-likeness (QED) is 0.576. The monoisotopic (exact) mass is 197 g/mol. The number of ether oxygens (including phenoxy) is 2. The number of carbonyl (C=O) groups excluding carboxylic acids is 1. The van der Waals surface area contributed by atoms with Gasteiger partial charge >= 0.3 is 0 Å². The van der Waals surface area contributed by atoms with E-state index < -0.39 is 0 Å². The van der Waals surface area contributed by atoms with Gasteiger partial charge in [-0.3, -0.25) is 4.79 Å². The third-order valence-electron chi connectivity index (χ3n) is 2.46. The van der Waals surface area contributed by atoms with E-state index in [1.807, 2.05) is 0 Å². The van der Waals surface area contributed by atoms with Gasteiger partial charge in [-0.15, -0.1) is 0 Å². The lowest BCUT2D eigenvalue weighted by atomic mass is 10.3. The Balaban J connectivity index is 1.90. The van der Waals surface area contributed by atoms with Crippen LogP contribution in [0.2, 0.25) is 0 Å². The average Bonchev–Trinajstić information content (AvgIpc) is 2.72. The standard InChI is InChI=1S/C10H15NO3/c12-10(8-9-2-1-5-14-9)11-3-6-13-7-4-11/h8H,1-7H2/b9-8+. The van der Waals surface area contributed by atoms with Crippen LogP contribution in [0.4, 0.5) is 0 Å². The molecule has 4 nitrogen and oxygen atoms in total. The molecule has 0 bridgehead atoms. The first-order valence-electron chi connectivity index (χ1n) is 5.06. The minimum absolute atomic E-state index is 0.0604. The summed E-state index contributed by atoms with van der Waals surface area (Å²) in [6, 6.07) is 0. The maximum atomic E-state index is 11.7. The highest BCUT2D eigenvalue weighted by atomic mass is 16.5. The number of allylic oxidation sites excluding steroid dienone is 1. The van der Waals surface area contributed by atoms with Crippen molar-refractivity contribution in [2.75, 3.05) is 32.9 Å². The Labute approximate surface area is 83.5 Å². The number of morpholine rings is 1. The third-order valence-corrected chi connectivity index (χ3v) is 2.46. The molecule has 2 saturated heterocycles. The van der Waals surface area contributed by atoms with Gasteiger partial charge in [0.15, 0.2) is 0 Å². The SMILES string of the molecule is O=C(/C=C1\CCCO1)N1CCOCC1. The molecule has 0 aromatic rings. The summed E-state index contributed by atoms with van der Waals surface area (Å²) < 4.78 is 10.5. The molecule has 0 unspecified atom stereocenters. The molecule has 0 saturated carbocycles. The van der Waals surface area contributed by atoms with E-state index in [2.05, 4.69) is 0 Å². The molecular formula is C10H15NO3. The molecule has 0 spiro atoms. The van der Waals surface area contributed by atoms with Crippen molar-refractivity contribution in [3.63, 3.8) is 0 Å². The van der Waals surface area contributed by atoms with Crippen molar-refractivity contribution in [1.29, 1.82) is 0 Å². The minimum Gasteiger partial charge on any atom is -0.498 e. The van der Waals surface area contributed by atoms with E-state index in [-0.39, 0.29) is 5.91 Å². The van der Waals surface area contributed by atoms with E-state index in [1.54, 1.807) is 11.0 Å². The van der Waals surface area contributed by atoms with Crippen molar-refractivity contribution in [2.45, 2.75) is 12.8 Å². The topological polar surface area (TPSA) is 38.8 Å². The third kappa shape index (κ3) is 2.26. The van der Waals surface area contributed by atoms with Gasteiger partial charge in [0.2, 0.25) is 5.91 Å². The van der Waals surface area contributed by atoms with Crippen LogP contribution in [0.3, 0.4) is 0 Å². The molecule has 0 atom stereocenters. The molecular weight excluding hydrogens is 182 g/mol. The summed E-state index contributed by atoms with van der Waals surface area (Å²) in [5, 5.41) is 0. The molecule has 4 heteroatoms. The van der Waals surface area contributed by atoms with Crippen molar-refractivity contribution in [3.8, 4) is 0 Å². The number of rotatable bonds is 1. The largest absolute Gasteiger partial charge is 0.498 e. The van der Waals surface area contributed by atoms with Crippen LogP contribution in [-0.4, -0.2) is 43.7 Å². The molecule has 2 heterocycles. The van der Waals surface area contributed by atoms with Crippen LogP contribution >= 0.6 is 0 Å². The van der Waals surface area contributed by atoms with E-state index in [1.165, 1.54) is 0 Å². The second-order valence-electron chi connectivity index (χ2n) is 3.50. The number of nitrogens with zero attached hydrogens (tertiary/aromatic N) is 1. The number of hydrogen-bond donors (Lipinski definition) is 0. The Morgan fingerprint density at radius 3 is 2.71 bits per heavy atom. The summed E-state index contributed by atoms with van der Waals surface area (Å²) in [6.07, 6.45) is 3.55. The number of hydrogen-bond acceptors (Lipinski definition) is 3. The maximum Gasteiger partial charge on any atom is 0.250 e. The Hall–Kier alpha value is -1.03. The van der Waals surface area contributed by atoms with E-state index in [0.717, 1.165) is 25.2 Å². The molecule has 0 radical (unpaired) electrons. The van der Waals surface area contributed by atoms with Crippen molar-refractivity contribution in [1.82, 2.24) is 4.90 Å². The summed E-state index contributed by atoms with van der Waals surface area (Å²) in [4.78, 5) is 13.5. The molecule has 0 aromatic heterocycles. The van der Waals surface area contributed by atoms with Gasteiger partial charge in [0.1, 0.15) is 5.76 Å². The van der Waals surface area contributed by atoms with Crippen LogP contribution in [0.15, 0.2) is 11.8 Å². The van der Waals surface area contributed by atoms with Crippen LogP contribution in [0.25, 0.3) is 0 Å². The Morgan fingerprint density at radius 1 is 1.29 bits per heavy atom. The molecule has 2 aliphatic heterocycles. The van der Waals surface area contributed by atoms with Crippen molar-refractivity contribution in [3.05, 3.63) is 11.8 Å². The highest BCUT2D eigenvalue weighted by molar-refractivity contribution is 5.88. The molecule has 0 N–H and O–H groups in total. The molecule has 0 aliphatic carbocycles. The summed E-state index contributed by atoms with van der Waals surface area (Å²) in [7, 11) is 0. The average molecular weight is 197 g/mol. The Kier molecular flexibility index (Phi) is 3.03. The summed E-state index contributed by atoms with van der Waals surface area (Å²) >= 11 is 0. The molecule has 14 heavy (non-hydrogen) atoms. The van der Waals surface area contributed by atoms with Gasteiger partial charge < -0.3 is 14.4 Å². The zero-order chi connectivity index (χ0) is 9.80. The van der Waals surface area contributed by atoms with Crippen LogP contribution in [0, 0.1) is 0 Å². The molecule has 78 valence electrons. The van der Waals surface area contributed by atoms with Crippen molar-refractivity contribution >= 4 is 5.91 Å². The highest BCUT2D eigenvalue weighted by Gasteiger charge is 2.17. The van der Waals surface area contributed by atoms with E-state index in [0.29, 0.717) is 26.3 Å². The van der Waals surface area contributed by atoms with Crippen LogP contribution in [-0.2, 0) is 14.3 Å². The summed E-state index contributed by atoms with van der Waals surface area (Å²) in [5.74, 6) is 0.895. The smallest absolute Gasteiger partial charge is 0.250 e. The van der Waals surface area contributed by atoms with E-state index >= 15 is 0 Å². The predicted molar refractivity (Wildman–Crippen MR) is 50.7 cm³/mol. The Morgan fingerprint density at radius 2 is 2.07 bits per heavy atom. The molecule has 0 aromatic carbocycles. The molecule has 2 rings (SSSR count). The lowest BCUT2D eigenvalue weighted by Gasteiger charge is -2.25. The van der Waals surface area contributed by atoms with Crippen LogP contribution in [0.5, 0.6) is 0 Å². The van der Waals surface area contributed by atoms with Gasteiger partial charge in [-0.05, 0) is 6.42 Å². The Bertz CT molecular complexity index is 236. The first kappa shape index (κ1) is 9.52. The number of carbonyl (C=O) groups is 1. The van der Waals surface area contributed by atoms with Crippen molar-refractivity contribution < 1.29 is 14.3 Å². The second kappa shape index (κ2) is 4.46. The van der Waals surface area contributed by atoms with Crippen molar-refractivity contribution in [2.24, 2.45) is 0 Å². The molecule has 2 fully saturated rings. The predicted octanol–water partition coefficient (Wildman–Crippen LogP) is 0.539. The zero-order valence-corrected chi connectivity index (χ0v) is 8.20. The lowest BCUT2D eigenvalue weighted by Crippen LogP contribution is -2.39. The maximum absolute atomic E-state index is 11.7. The molecule has 1 amide bonds. The van der Waals surface area contributed by atoms with Gasteiger partial charge in [0, 0.05) is 25.6 Å². The van der Waals surface area contributed by atoms with Gasteiger partial charge in [0.25, 0.3) is 0 Å². The summed E-state index contributed by atoms with van der Waals surface area (Å²) in [5.41, 5.74) is 0. The van der Waals surface area contributed by atoms with Crippen LogP contribution < -0.4 is 0 Å². The highest BCUT2D eigenvalue weighted by Crippen LogP contribution is 2.16. The fourth-order valence-electron chi connectivity index (χ4n) is 1.65. The molecule has 2 aliphatic rings. The van der Waals surface area contributed by atoms with Gasteiger partial charge in [-0.2, -0.15) is 0 Å². The summed E-state index contributed by atoms with van der Waals surface area (Å²) in [6.45, 7) is 3.44. The first-order valence-corrected chi connectivity index (χ1v) is 5.06. The van der Waals surface area contributed by atoms with Gasteiger partial charge in [-0.25, -0.2) is 0 Å².